The molecule has 6 nitrogen and oxygen atoms in total. The van der Waals surface area contributed by atoms with E-state index < -0.39 is 6.04 Å². The van der Waals surface area contributed by atoms with Crippen LogP contribution in [0.5, 0.6) is 0 Å². The van der Waals surface area contributed by atoms with E-state index in [1.54, 1.807) is 6.07 Å². The average molecular weight is 475 g/mol. The van der Waals surface area contributed by atoms with E-state index >= 15 is 0 Å². The first kappa shape index (κ1) is 23.5. The molecule has 3 N–H and O–H groups in total. The van der Waals surface area contributed by atoms with Crippen LogP contribution in [0.15, 0.2) is 66.7 Å². The van der Waals surface area contributed by atoms with Crippen molar-refractivity contribution in [1.29, 1.82) is 0 Å². The van der Waals surface area contributed by atoms with E-state index in [1.165, 1.54) is 12.1 Å². The number of amides is 2. The molecule has 7 heteroatoms. The summed E-state index contributed by atoms with van der Waals surface area (Å²) < 4.78 is 13.2. The zero-order valence-corrected chi connectivity index (χ0v) is 19.7. The number of nitrogens with zero attached hydrogens (tertiary/aromatic N) is 1. The Morgan fingerprint density at radius 3 is 2.54 bits per heavy atom. The number of hydrogen-bond donors (Lipinski definition) is 3. The highest BCUT2D eigenvalue weighted by Crippen LogP contribution is 2.40. The first-order chi connectivity index (χ1) is 17.1. The maximum atomic E-state index is 13.4. The summed E-state index contributed by atoms with van der Waals surface area (Å²) in [5.41, 5.74) is 1.70. The molecular formula is C28H31FN4O2. The maximum Gasteiger partial charge on any atom is 0.252 e. The Bertz CT molecular complexity index is 1190. The van der Waals surface area contributed by atoms with Gasteiger partial charge in [0.1, 0.15) is 11.9 Å². The molecule has 0 radical (unpaired) electrons. The van der Waals surface area contributed by atoms with E-state index in [2.05, 4.69) is 16.0 Å². The molecule has 3 aromatic rings. The number of halogens is 1. The summed E-state index contributed by atoms with van der Waals surface area (Å²) in [4.78, 5) is 28.5. The van der Waals surface area contributed by atoms with Crippen LogP contribution in [0.1, 0.15) is 34.7 Å². The Kier molecular flexibility index (Phi) is 7.06. The maximum absolute atomic E-state index is 13.4. The molecule has 2 amide bonds. The van der Waals surface area contributed by atoms with Gasteiger partial charge in [-0.15, -0.1) is 0 Å². The number of carbonyl (C=O) groups excluding carboxylic acids is 2. The van der Waals surface area contributed by atoms with Crippen molar-refractivity contribution in [3.05, 3.63) is 83.7 Å². The summed E-state index contributed by atoms with van der Waals surface area (Å²) in [7, 11) is 0. The van der Waals surface area contributed by atoms with Gasteiger partial charge in [-0.1, -0.05) is 48.5 Å². The molecule has 3 atom stereocenters. The molecule has 2 aliphatic rings. The molecule has 5 rings (SSSR count). The number of fused-ring (bicyclic) bond motifs is 1. The van der Waals surface area contributed by atoms with Gasteiger partial charge >= 0.3 is 0 Å². The van der Waals surface area contributed by atoms with Gasteiger partial charge in [-0.05, 0) is 53.9 Å². The number of benzene rings is 3. The van der Waals surface area contributed by atoms with E-state index in [1.807, 2.05) is 53.4 Å². The number of piperazine rings is 1. The summed E-state index contributed by atoms with van der Waals surface area (Å²) >= 11 is 0. The van der Waals surface area contributed by atoms with Gasteiger partial charge in [-0.3, -0.25) is 9.59 Å². The quantitative estimate of drug-likeness (QED) is 0.469. The molecule has 0 aromatic heterocycles. The zero-order valence-electron chi connectivity index (χ0n) is 19.7. The number of nitrogens with one attached hydrogen (secondary N) is 3. The molecule has 2 fully saturated rings. The van der Waals surface area contributed by atoms with Crippen LogP contribution in [0.25, 0.3) is 10.8 Å². The fourth-order valence-corrected chi connectivity index (χ4v) is 4.93. The minimum absolute atomic E-state index is 0.0345. The van der Waals surface area contributed by atoms with Crippen molar-refractivity contribution < 1.29 is 14.0 Å². The molecule has 35 heavy (non-hydrogen) atoms. The second-order valence-corrected chi connectivity index (χ2v) is 9.37. The lowest BCUT2D eigenvalue weighted by atomic mass is 10.0. The summed E-state index contributed by atoms with van der Waals surface area (Å²) in [6.07, 6.45) is 1.50. The van der Waals surface area contributed by atoms with Gasteiger partial charge in [0.2, 0.25) is 5.91 Å². The van der Waals surface area contributed by atoms with Gasteiger partial charge in [0.05, 0.1) is 0 Å². The summed E-state index contributed by atoms with van der Waals surface area (Å²) in [5, 5.41) is 11.7. The van der Waals surface area contributed by atoms with Crippen LogP contribution in [-0.4, -0.2) is 61.5 Å². The van der Waals surface area contributed by atoms with E-state index in [9.17, 15) is 14.0 Å². The molecule has 3 aromatic carbocycles. The molecule has 1 aliphatic carbocycles. The second kappa shape index (κ2) is 10.5. The van der Waals surface area contributed by atoms with Crippen molar-refractivity contribution in [2.45, 2.75) is 30.8 Å². The molecule has 1 heterocycles. The molecule has 182 valence electrons. The van der Waals surface area contributed by atoms with Crippen LogP contribution in [-0.2, 0) is 4.79 Å². The first-order valence-electron chi connectivity index (χ1n) is 12.4. The smallest absolute Gasteiger partial charge is 0.252 e. The molecular weight excluding hydrogens is 443 g/mol. The Hall–Kier alpha value is -3.29. The van der Waals surface area contributed by atoms with E-state index in [-0.39, 0.29) is 17.6 Å². The van der Waals surface area contributed by atoms with E-state index in [0.29, 0.717) is 43.6 Å². The minimum Gasteiger partial charge on any atom is -0.340 e. The normalized spacial score (nSPS) is 20.4. The van der Waals surface area contributed by atoms with Gasteiger partial charge in [-0.25, -0.2) is 4.39 Å². The molecule has 0 spiro atoms. The summed E-state index contributed by atoms with van der Waals surface area (Å²) in [6, 6.07) is 19.8. The van der Waals surface area contributed by atoms with Crippen LogP contribution in [0, 0.1) is 5.82 Å². The van der Waals surface area contributed by atoms with Crippen LogP contribution in [0.4, 0.5) is 4.39 Å². The Balaban J connectivity index is 1.24. The largest absolute Gasteiger partial charge is 0.340 e. The van der Waals surface area contributed by atoms with Crippen LogP contribution in [0.3, 0.4) is 0 Å². The Morgan fingerprint density at radius 1 is 1.00 bits per heavy atom. The third kappa shape index (κ3) is 5.52. The van der Waals surface area contributed by atoms with Crippen molar-refractivity contribution >= 4 is 22.6 Å². The topological polar surface area (TPSA) is 73.5 Å². The SMILES string of the molecule is O=C(N[C@@H](CCN[C@@H]1C[C@H]1c1ccc(F)cc1)C(=O)N1CCNCC1)c1cccc2ccccc12. The first-order valence-corrected chi connectivity index (χ1v) is 12.4. The Morgan fingerprint density at radius 2 is 1.74 bits per heavy atom. The van der Waals surface area contributed by atoms with Crippen molar-refractivity contribution in [2.24, 2.45) is 0 Å². The average Bonchev–Trinajstić information content (AvgIpc) is 3.67. The molecule has 1 aliphatic heterocycles. The van der Waals surface area contributed by atoms with E-state index in [0.717, 1.165) is 35.8 Å². The highest BCUT2D eigenvalue weighted by atomic mass is 19.1. The van der Waals surface area contributed by atoms with Gasteiger partial charge in [0, 0.05) is 43.7 Å². The van der Waals surface area contributed by atoms with Gasteiger partial charge in [0.25, 0.3) is 5.91 Å². The van der Waals surface area contributed by atoms with Crippen LogP contribution >= 0.6 is 0 Å². The lowest BCUT2D eigenvalue weighted by molar-refractivity contribution is -0.134. The lowest BCUT2D eigenvalue weighted by Crippen LogP contribution is -2.54. The highest BCUT2D eigenvalue weighted by molar-refractivity contribution is 6.08. The lowest BCUT2D eigenvalue weighted by Gasteiger charge is -2.31. The van der Waals surface area contributed by atoms with Gasteiger partial charge < -0.3 is 20.9 Å². The summed E-state index contributed by atoms with van der Waals surface area (Å²) in [6.45, 7) is 3.41. The highest BCUT2D eigenvalue weighted by Gasteiger charge is 2.38. The van der Waals surface area contributed by atoms with Crippen molar-refractivity contribution in [3.8, 4) is 0 Å². The van der Waals surface area contributed by atoms with Crippen LogP contribution in [0.2, 0.25) is 0 Å². The van der Waals surface area contributed by atoms with Gasteiger partial charge in [0.15, 0.2) is 0 Å². The Labute approximate surface area is 204 Å². The van der Waals surface area contributed by atoms with Crippen molar-refractivity contribution in [1.82, 2.24) is 20.9 Å². The van der Waals surface area contributed by atoms with Crippen LogP contribution < -0.4 is 16.0 Å². The third-order valence-electron chi connectivity index (χ3n) is 6.99. The fourth-order valence-electron chi connectivity index (χ4n) is 4.93. The zero-order chi connectivity index (χ0) is 24.2. The molecule has 1 saturated carbocycles. The van der Waals surface area contributed by atoms with Crippen molar-refractivity contribution in [3.63, 3.8) is 0 Å². The number of carbonyl (C=O) groups is 2. The minimum atomic E-state index is -0.602. The predicted molar refractivity (Wildman–Crippen MR) is 135 cm³/mol. The molecule has 1 saturated heterocycles. The summed E-state index contributed by atoms with van der Waals surface area (Å²) in [5.74, 6) is -0.128. The fraction of sp³-hybridized carbons (Fsp3) is 0.357. The molecule has 0 unspecified atom stereocenters. The van der Waals surface area contributed by atoms with E-state index in [4.69, 9.17) is 0 Å². The van der Waals surface area contributed by atoms with Gasteiger partial charge in [-0.2, -0.15) is 0 Å². The standard InChI is InChI=1S/C28H31FN4O2/c29-21-10-8-20(9-11-21)24-18-26(24)31-13-12-25(28(35)33-16-14-30-15-17-33)32-27(34)23-7-3-5-19-4-1-2-6-22(19)23/h1-11,24-26,30-31H,12-18H2,(H,32,34)/t24-,25-,26+/m0/s1. The number of rotatable bonds is 8. The third-order valence-corrected chi connectivity index (χ3v) is 6.99. The molecule has 0 bridgehead atoms. The predicted octanol–water partition coefficient (Wildman–Crippen LogP) is 3.04. The number of hydrogen-bond acceptors (Lipinski definition) is 4. The monoisotopic (exact) mass is 474 g/mol. The second-order valence-electron chi connectivity index (χ2n) is 9.37. The van der Waals surface area contributed by atoms with Crippen molar-refractivity contribution in [2.75, 3.05) is 32.7 Å².